The maximum Gasteiger partial charge on any atom is 0.172 e. The molecular weight excluding hydrogens is 290 g/mol. The molecule has 1 fully saturated rings. The van der Waals surface area contributed by atoms with Gasteiger partial charge in [0.2, 0.25) is 0 Å². The Balaban J connectivity index is 2.43. The van der Waals surface area contributed by atoms with E-state index >= 15 is 0 Å². The van der Waals surface area contributed by atoms with E-state index in [1.54, 1.807) is 6.21 Å². The minimum Gasteiger partial charge on any atom is -0.378 e. The van der Waals surface area contributed by atoms with E-state index in [4.69, 9.17) is 16.3 Å². The fourth-order valence-corrected chi connectivity index (χ4v) is 2.31. The third-order valence-electron chi connectivity index (χ3n) is 3.07. The Labute approximate surface area is 130 Å². The van der Waals surface area contributed by atoms with Crippen molar-refractivity contribution in [3.63, 3.8) is 0 Å². The quantitative estimate of drug-likeness (QED) is 0.794. The van der Waals surface area contributed by atoms with E-state index in [0.29, 0.717) is 29.9 Å². The largest absolute Gasteiger partial charge is 0.378 e. The van der Waals surface area contributed by atoms with Crippen LogP contribution in [0, 0.1) is 0 Å². The zero-order chi connectivity index (χ0) is 15.4. The molecule has 0 atom stereocenters. The highest BCUT2D eigenvalue weighted by Crippen LogP contribution is 2.26. The molecule has 1 aliphatic heterocycles. The molecule has 2 heterocycles. The zero-order valence-electron chi connectivity index (χ0n) is 13.0. The van der Waals surface area contributed by atoms with Crippen molar-refractivity contribution in [3.8, 4) is 0 Å². The molecule has 0 aliphatic carbocycles. The molecule has 21 heavy (non-hydrogen) atoms. The SMILES string of the molecule is CC(C)N=Cc1nc(Cl)c(N(C)C)nc1N1CCOCC1. The fraction of sp³-hybridized carbons (Fsp3) is 0.643. The third-order valence-corrected chi connectivity index (χ3v) is 3.33. The van der Waals surface area contributed by atoms with Crippen LogP contribution >= 0.6 is 11.6 Å². The van der Waals surface area contributed by atoms with Gasteiger partial charge in [-0.05, 0) is 13.8 Å². The van der Waals surface area contributed by atoms with Gasteiger partial charge in [0.15, 0.2) is 16.8 Å². The molecule has 0 N–H and O–H groups in total. The van der Waals surface area contributed by atoms with Crippen LogP contribution in [-0.2, 0) is 4.74 Å². The van der Waals surface area contributed by atoms with Crippen molar-refractivity contribution in [1.29, 1.82) is 0 Å². The van der Waals surface area contributed by atoms with Gasteiger partial charge >= 0.3 is 0 Å². The summed E-state index contributed by atoms with van der Waals surface area (Å²) in [6, 6.07) is 0.205. The number of ether oxygens (including phenoxy) is 1. The number of rotatable bonds is 4. The predicted octanol–water partition coefficient (Wildman–Crippen LogP) is 1.86. The summed E-state index contributed by atoms with van der Waals surface area (Å²) in [6.45, 7) is 7.03. The van der Waals surface area contributed by atoms with Gasteiger partial charge in [-0.1, -0.05) is 11.6 Å². The van der Waals surface area contributed by atoms with Crippen LogP contribution in [0.4, 0.5) is 11.6 Å². The monoisotopic (exact) mass is 311 g/mol. The molecule has 0 radical (unpaired) electrons. The summed E-state index contributed by atoms with van der Waals surface area (Å²) in [5, 5.41) is 0.391. The van der Waals surface area contributed by atoms with E-state index in [1.165, 1.54) is 0 Å². The smallest absolute Gasteiger partial charge is 0.172 e. The fourth-order valence-electron chi connectivity index (χ4n) is 2.01. The number of halogens is 1. The van der Waals surface area contributed by atoms with E-state index < -0.39 is 0 Å². The number of nitrogens with zero attached hydrogens (tertiary/aromatic N) is 5. The van der Waals surface area contributed by atoms with Crippen LogP contribution in [-0.4, -0.2) is 62.6 Å². The number of hydrogen-bond donors (Lipinski definition) is 0. The second-order valence-electron chi connectivity index (χ2n) is 5.41. The van der Waals surface area contributed by atoms with Crippen molar-refractivity contribution in [1.82, 2.24) is 9.97 Å². The summed E-state index contributed by atoms with van der Waals surface area (Å²) in [4.78, 5) is 17.6. The normalized spacial score (nSPS) is 16.0. The maximum absolute atomic E-state index is 6.23. The lowest BCUT2D eigenvalue weighted by Crippen LogP contribution is -2.38. The van der Waals surface area contributed by atoms with E-state index in [2.05, 4.69) is 19.9 Å². The highest BCUT2D eigenvalue weighted by atomic mass is 35.5. The molecule has 1 aliphatic rings. The molecule has 0 aromatic carbocycles. The standard InChI is InChI=1S/C14H22ClN5O/c1-10(2)16-9-11-13(20-5-7-21-8-6-20)18-14(19(3)4)12(15)17-11/h9-10H,5-8H2,1-4H3. The summed E-state index contributed by atoms with van der Waals surface area (Å²) in [7, 11) is 3.81. The first-order chi connectivity index (χ1) is 9.99. The number of aliphatic imine (C=N–C) groups is 1. The van der Waals surface area contributed by atoms with Crippen molar-refractivity contribution < 1.29 is 4.74 Å². The number of anilines is 2. The Bertz CT molecular complexity index is 512. The van der Waals surface area contributed by atoms with E-state index in [0.717, 1.165) is 18.9 Å². The average Bonchev–Trinajstić information content (AvgIpc) is 2.45. The van der Waals surface area contributed by atoms with Crippen LogP contribution in [0.1, 0.15) is 19.5 Å². The van der Waals surface area contributed by atoms with Gasteiger partial charge in [0.1, 0.15) is 5.69 Å². The topological polar surface area (TPSA) is 53.9 Å². The summed E-state index contributed by atoms with van der Waals surface area (Å²) in [6.07, 6.45) is 1.76. The molecule has 0 spiro atoms. The van der Waals surface area contributed by atoms with Crippen LogP contribution in [0.25, 0.3) is 0 Å². The lowest BCUT2D eigenvalue weighted by Gasteiger charge is -2.29. The van der Waals surface area contributed by atoms with E-state index in [9.17, 15) is 0 Å². The van der Waals surface area contributed by atoms with Crippen molar-refractivity contribution >= 4 is 29.5 Å². The Morgan fingerprint density at radius 1 is 1.29 bits per heavy atom. The molecule has 6 nitrogen and oxygen atoms in total. The van der Waals surface area contributed by atoms with E-state index in [1.807, 2.05) is 32.8 Å². The lowest BCUT2D eigenvalue weighted by atomic mass is 10.3. The Morgan fingerprint density at radius 3 is 2.52 bits per heavy atom. The minimum absolute atomic E-state index is 0.205. The summed E-state index contributed by atoms with van der Waals surface area (Å²) >= 11 is 6.23. The Morgan fingerprint density at radius 2 is 1.95 bits per heavy atom. The molecule has 0 amide bonds. The summed E-state index contributed by atoms with van der Waals surface area (Å²) in [5.41, 5.74) is 0.709. The average molecular weight is 312 g/mol. The van der Waals surface area contributed by atoms with Crippen LogP contribution in [0.2, 0.25) is 5.15 Å². The highest BCUT2D eigenvalue weighted by Gasteiger charge is 2.20. The van der Waals surface area contributed by atoms with Gasteiger partial charge in [-0.2, -0.15) is 0 Å². The second-order valence-corrected chi connectivity index (χ2v) is 5.77. The van der Waals surface area contributed by atoms with Crippen LogP contribution in [0.3, 0.4) is 0 Å². The predicted molar refractivity (Wildman–Crippen MR) is 87.1 cm³/mol. The molecular formula is C14H22ClN5O. The van der Waals surface area contributed by atoms with E-state index in [-0.39, 0.29) is 6.04 Å². The minimum atomic E-state index is 0.205. The number of hydrogen-bond acceptors (Lipinski definition) is 6. The van der Waals surface area contributed by atoms with Crippen molar-refractivity contribution in [3.05, 3.63) is 10.8 Å². The Kier molecular flexibility index (Phi) is 5.36. The molecule has 7 heteroatoms. The van der Waals surface area contributed by atoms with Crippen molar-refractivity contribution in [2.75, 3.05) is 50.2 Å². The van der Waals surface area contributed by atoms with Gasteiger partial charge in [0.05, 0.1) is 19.4 Å². The van der Waals surface area contributed by atoms with Crippen molar-refractivity contribution in [2.24, 2.45) is 4.99 Å². The third kappa shape index (κ3) is 4.04. The molecule has 0 saturated carbocycles. The van der Waals surface area contributed by atoms with Gasteiger partial charge < -0.3 is 14.5 Å². The highest BCUT2D eigenvalue weighted by molar-refractivity contribution is 6.31. The van der Waals surface area contributed by atoms with Gasteiger partial charge in [-0.25, -0.2) is 9.97 Å². The second kappa shape index (κ2) is 7.04. The van der Waals surface area contributed by atoms with Gasteiger partial charge in [0.25, 0.3) is 0 Å². The molecule has 0 unspecified atom stereocenters. The molecule has 116 valence electrons. The zero-order valence-corrected chi connectivity index (χ0v) is 13.8. The van der Waals surface area contributed by atoms with Gasteiger partial charge in [-0.3, -0.25) is 4.99 Å². The van der Waals surface area contributed by atoms with Gasteiger partial charge in [-0.15, -0.1) is 0 Å². The van der Waals surface area contributed by atoms with Crippen LogP contribution in [0.5, 0.6) is 0 Å². The number of morpholine rings is 1. The number of aromatic nitrogens is 2. The van der Waals surface area contributed by atoms with Gasteiger partial charge in [0, 0.05) is 33.2 Å². The Hall–Kier alpha value is -1.40. The first-order valence-electron chi connectivity index (χ1n) is 7.09. The van der Waals surface area contributed by atoms with Crippen LogP contribution < -0.4 is 9.80 Å². The molecule has 2 rings (SSSR count). The maximum atomic E-state index is 6.23. The molecule has 1 saturated heterocycles. The summed E-state index contributed by atoms with van der Waals surface area (Å²) in [5.74, 6) is 1.48. The van der Waals surface area contributed by atoms with Crippen LogP contribution in [0.15, 0.2) is 4.99 Å². The molecule has 1 aromatic rings. The molecule has 1 aromatic heterocycles. The van der Waals surface area contributed by atoms with Crippen molar-refractivity contribution in [2.45, 2.75) is 19.9 Å². The summed E-state index contributed by atoms with van der Waals surface area (Å²) < 4.78 is 5.40. The first-order valence-corrected chi connectivity index (χ1v) is 7.47. The first kappa shape index (κ1) is 16.0. The lowest BCUT2D eigenvalue weighted by molar-refractivity contribution is 0.122. The molecule has 0 bridgehead atoms.